The number of amides is 1. The van der Waals surface area contributed by atoms with Gasteiger partial charge in [0.25, 0.3) is 5.91 Å². The van der Waals surface area contributed by atoms with Gasteiger partial charge < -0.3 is 20.1 Å². The molecule has 1 aromatic rings. The van der Waals surface area contributed by atoms with Crippen LogP contribution in [0.5, 0.6) is 5.75 Å². The number of piperidine rings is 1. The van der Waals surface area contributed by atoms with E-state index < -0.39 is 0 Å². The van der Waals surface area contributed by atoms with Crippen LogP contribution in [0.15, 0.2) is 24.3 Å². The van der Waals surface area contributed by atoms with E-state index in [4.69, 9.17) is 9.47 Å². The molecule has 22 heavy (non-hydrogen) atoms. The van der Waals surface area contributed by atoms with Crippen molar-refractivity contribution in [2.24, 2.45) is 0 Å². The van der Waals surface area contributed by atoms with E-state index >= 15 is 0 Å². The van der Waals surface area contributed by atoms with Crippen LogP contribution in [-0.4, -0.2) is 44.4 Å². The van der Waals surface area contributed by atoms with Gasteiger partial charge in [-0.1, -0.05) is 12.1 Å². The van der Waals surface area contributed by atoms with Crippen molar-refractivity contribution in [2.75, 3.05) is 26.3 Å². The molecule has 2 aliphatic heterocycles. The zero-order valence-electron chi connectivity index (χ0n) is 12.8. The van der Waals surface area contributed by atoms with E-state index in [1.54, 1.807) is 0 Å². The molecule has 0 aromatic heterocycles. The number of carbonyl (C=O) groups excluding carboxylic acids is 1. The molecule has 2 aliphatic rings. The highest BCUT2D eigenvalue weighted by atomic mass is 16.5. The fourth-order valence-electron chi connectivity index (χ4n) is 2.98. The SMILES string of the molecule is O=C(N[C@H]1CCCNC1)c1ccccc1OCC1CCCO1. The third-order valence-electron chi connectivity index (χ3n) is 4.21. The Morgan fingerprint density at radius 1 is 1.32 bits per heavy atom. The third kappa shape index (κ3) is 3.99. The molecule has 1 aromatic carbocycles. The van der Waals surface area contributed by atoms with Crippen LogP contribution in [0.2, 0.25) is 0 Å². The van der Waals surface area contributed by atoms with Crippen molar-refractivity contribution in [2.45, 2.75) is 37.8 Å². The van der Waals surface area contributed by atoms with Crippen LogP contribution >= 0.6 is 0 Å². The number of ether oxygens (including phenoxy) is 2. The largest absolute Gasteiger partial charge is 0.490 e. The zero-order valence-corrected chi connectivity index (χ0v) is 12.8. The maximum atomic E-state index is 12.5. The smallest absolute Gasteiger partial charge is 0.255 e. The normalized spacial score (nSPS) is 24.9. The highest BCUT2D eigenvalue weighted by Gasteiger charge is 2.20. The Kier molecular flexibility index (Phi) is 5.29. The lowest BCUT2D eigenvalue weighted by molar-refractivity contribution is 0.0669. The summed E-state index contributed by atoms with van der Waals surface area (Å²) < 4.78 is 11.4. The van der Waals surface area contributed by atoms with Gasteiger partial charge in [0.05, 0.1) is 11.7 Å². The molecule has 0 aliphatic carbocycles. The fourth-order valence-corrected chi connectivity index (χ4v) is 2.98. The summed E-state index contributed by atoms with van der Waals surface area (Å²) in [6.45, 7) is 3.19. The van der Waals surface area contributed by atoms with Crippen LogP contribution in [0.25, 0.3) is 0 Å². The lowest BCUT2D eigenvalue weighted by atomic mass is 10.1. The summed E-state index contributed by atoms with van der Waals surface area (Å²) in [7, 11) is 0. The van der Waals surface area contributed by atoms with Crippen LogP contribution < -0.4 is 15.4 Å². The number of hydrogen-bond acceptors (Lipinski definition) is 4. The van der Waals surface area contributed by atoms with Gasteiger partial charge in [0.1, 0.15) is 12.4 Å². The van der Waals surface area contributed by atoms with Crippen LogP contribution in [0.1, 0.15) is 36.0 Å². The summed E-state index contributed by atoms with van der Waals surface area (Å²) in [5, 5.41) is 6.40. The number of rotatable bonds is 5. The zero-order chi connectivity index (χ0) is 15.2. The summed E-state index contributed by atoms with van der Waals surface area (Å²) in [4.78, 5) is 12.5. The van der Waals surface area contributed by atoms with Gasteiger partial charge in [-0.2, -0.15) is 0 Å². The maximum Gasteiger partial charge on any atom is 0.255 e. The number of para-hydroxylation sites is 1. The Labute approximate surface area is 131 Å². The summed E-state index contributed by atoms with van der Waals surface area (Å²) in [5.74, 6) is 0.580. The van der Waals surface area contributed by atoms with Gasteiger partial charge in [-0.15, -0.1) is 0 Å². The minimum absolute atomic E-state index is 0.0587. The van der Waals surface area contributed by atoms with E-state index in [1.165, 1.54) is 0 Å². The molecular formula is C17H24N2O3. The van der Waals surface area contributed by atoms with Gasteiger partial charge in [0.15, 0.2) is 0 Å². The van der Waals surface area contributed by atoms with Crippen molar-refractivity contribution in [1.29, 1.82) is 0 Å². The van der Waals surface area contributed by atoms with Gasteiger partial charge in [-0.25, -0.2) is 0 Å². The lowest BCUT2D eigenvalue weighted by Gasteiger charge is -2.24. The molecule has 0 spiro atoms. The molecule has 1 unspecified atom stereocenters. The standard InChI is InChI=1S/C17H24N2O3/c20-17(19-13-5-3-9-18-11-13)15-7-1-2-8-16(15)22-12-14-6-4-10-21-14/h1-2,7-8,13-14,18H,3-6,9-12H2,(H,19,20)/t13-,14?/m0/s1. The second-order valence-corrected chi connectivity index (χ2v) is 5.96. The van der Waals surface area contributed by atoms with E-state index in [0.29, 0.717) is 17.9 Å². The Hall–Kier alpha value is -1.59. The molecule has 2 saturated heterocycles. The monoisotopic (exact) mass is 304 g/mol. The van der Waals surface area contributed by atoms with Crippen LogP contribution in [-0.2, 0) is 4.74 Å². The van der Waals surface area contributed by atoms with Crippen molar-refractivity contribution < 1.29 is 14.3 Å². The van der Waals surface area contributed by atoms with Crippen LogP contribution in [0, 0.1) is 0 Å². The molecule has 2 atom stereocenters. The second-order valence-electron chi connectivity index (χ2n) is 5.96. The first-order valence-corrected chi connectivity index (χ1v) is 8.18. The molecular weight excluding hydrogens is 280 g/mol. The van der Waals surface area contributed by atoms with Gasteiger partial charge >= 0.3 is 0 Å². The minimum atomic E-state index is -0.0587. The van der Waals surface area contributed by atoms with E-state index in [1.807, 2.05) is 24.3 Å². The number of benzene rings is 1. The Morgan fingerprint density at radius 2 is 2.23 bits per heavy atom. The molecule has 1 amide bonds. The number of hydrogen-bond donors (Lipinski definition) is 2. The van der Waals surface area contributed by atoms with E-state index in [2.05, 4.69) is 10.6 Å². The Morgan fingerprint density at radius 3 is 3.00 bits per heavy atom. The predicted molar refractivity (Wildman–Crippen MR) is 84.3 cm³/mol. The first kappa shape index (κ1) is 15.3. The topological polar surface area (TPSA) is 59.6 Å². The highest BCUT2D eigenvalue weighted by Crippen LogP contribution is 2.20. The summed E-state index contributed by atoms with van der Waals surface area (Å²) >= 11 is 0. The second kappa shape index (κ2) is 7.61. The van der Waals surface area contributed by atoms with Crippen molar-refractivity contribution in [1.82, 2.24) is 10.6 Å². The minimum Gasteiger partial charge on any atom is -0.490 e. The molecule has 2 N–H and O–H groups in total. The summed E-state index contributed by atoms with van der Waals surface area (Å²) in [6, 6.07) is 7.63. The van der Waals surface area contributed by atoms with Crippen LogP contribution in [0.3, 0.4) is 0 Å². The fraction of sp³-hybridized carbons (Fsp3) is 0.588. The van der Waals surface area contributed by atoms with Crippen molar-refractivity contribution in [3.8, 4) is 5.75 Å². The first-order valence-electron chi connectivity index (χ1n) is 8.18. The molecule has 120 valence electrons. The third-order valence-corrected chi connectivity index (χ3v) is 4.21. The maximum absolute atomic E-state index is 12.5. The van der Waals surface area contributed by atoms with E-state index in [-0.39, 0.29) is 18.1 Å². The molecule has 0 bridgehead atoms. The Bertz CT molecular complexity index is 494. The average molecular weight is 304 g/mol. The van der Waals surface area contributed by atoms with Crippen molar-refractivity contribution in [3.63, 3.8) is 0 Å². The summed E-state index contributed by atoms with van der Waals surface area (Å²) in [5.41, 5.74) is 0.603. The highest BCUT2D eigenvalue weighted by molar-refractivity contribution is 5.97. The van der Waals surface area contributed by atoms with Crippen molar-refractivity contribution in [3.05, 3.63) is 29.8 Å². The Balaban J connectivity index is 1.60. The average Bonchev–Trinajstić information content (AvgIpc) is 3.07. The summed E-state index contributed by atoms with van der Waals surface area (Å²) in [6.07, 6.45) is 4.39. The lowest BCUT2D eigenvalue weighted by Crippen LogP contribution is -2.45. The van der Waals surface area contributed by atoms with Crippen molar-refractivity contribution >= 4 is 5.91 Å². The molecule has 3 rings (SSSR count). The molecule has 0 radical (unpaired) electrons. The molecule has 0 saturated carbocycles. The van der Waals surface area contributed by atoms with Gasteiger partial charge in [-0.05, 0) is 44.4 Å². The van der Waals surface area contributed by atoms with Crippen LogP contribution in [0.4, 0.5) is 0 Å². The van der Waals surface area contributed by atoms with E-state index in [0.717, 1.165) is 45.4 Å². The molecule has 2 fully saturated rings. The molecule has 5 heteroatoms. The van der Waals surface area contributed by atoms with E-state index in [9.17, 15) is 4.79 Å². The van der Waals surface area contributed by atoms with Gasteiger partial charge in [0, 0.05) is 19.2 Å². The molecule has 2 heterocycles. The first-order chi connectivity index (χ1) is 10.8. The quantitative estimate of drug-likeness (QED) is 0.870. The van der Waals surface area contributed by atoms with Gasteiger partial charge in [0.2, 0.25) is 0 Å². The molecule has 5 nitrogen and oxygen atoms in total. The van der Waals surface area contributed by atoms with Gasteiger partial charge in [-0.3, -0.25) is 4.79 Å². The number of carbonyl (C=O) groups is 1. The predicted octanol–water partition coefficient (Wildman–Crippen LogP) is 1.73. The number of nitrogens with one attached hydrogen (secondary N) is 2.